The van der Waals surface area contributed by atoms with Crippen LogP contribution in [0, 0.1) is 11.7 Å². The Bertz CT molecular complexity index is 399. The summed E-state index contributed by atoms with van der Waals surface area (Å²) in [6.07, 6.45) is 0. The molecule has 0 amide bonds. The van der Waals surface area contributed by atoms with Crippen molar-refractivity contribution in [2.24, 2.45) is 5.92 Å². The predicted octanol–water partition coefficient (Wildman–Crippen LogP) is 2.61. The lowest BCUT2D eigenvalue weighted by Gasteiger charge is -2.13. The first-order valence-corrected chi connectivity index (χ1v) is 7.32. The SMILES string of the molecule is COCCNCc1cc(F)ccc1OCCOCC(C)C. The van der Waals surface area contributed by atoms with Crippen LogP contribution >= 0.6 is 0 Å². The van der Waals surface area contributed by atoms with Crippen molar-refractivity contribution in [2.45, 2.75) is 20.4 Å². The zero-order valence-corrected chi connectivity index (χ0v) is 13.2. The molecule has 0 heterocycles. The summed E-state index contributed by atoms with van der Waals surface area (Å²) in [5.74, 6) is 0.938. The molecule has 0 saturated carbocycles. The summed E-state index contributed by atoms with van der Waals surface area (Å²) in [5.41, 5.74) is 0.801. The molecule has 5 heteroatoms. The van der Waals surface area contributed by atoms with E-state index in [0.29, 0.717) is 44.6 Å². The quantitative estimate of drug-likeness (QED) is 0.638. The van der Waals surface area contributed by atoms with Crippen molar-refractivity contribution in [1.29, 1.82) is 0 Å². The number of benzene rings is 1. The smallest absolute Gasteiger partial charge is 0.124 e. The van der Waals surface area contributed by atoms with E-state index in [1.165, 1.54) is 12.1 Å². The standard InChI is InChI=1S/C16H26FNO3/c1-13(2)12-20-8-9-21-16-5-4-15(17)10-14(16)11-18-6-7-19-3/h4-5,10,13,18H,6-9,11-12H2,1-3H3. The molecule has 0 saturated heterocycles. The van der Waals surface area contributed by atoms with E-state index in [2.05, 4.69) is 19.2 Å². The van der Waals surface area contributed by atoms with E-state index in [4.69, 9.17) is 14.2 Å². The summed E-state index contributed by atoms with van der Waals surface area (Å²) in [4.78, 5) is 0. The van der Waals surface area contributed by atoms with Gasteiger partial charge in [-0.05, 0) is 24.1 Å². The zero-order valence-electron chi connectivity index (χ0n) is 13.2. The van der Waals surface area contributed by atoms with Gasteiger partial charge in [0.15, 0.2) is 0 Å². The molecule has 1 rings (SSSR count). The first-order valence-electron chi connectivity index (χ1n) is 7.32. The van der Waals surface area contributed by atoms with Crippen molar-refractivity contribution in [3.8, 4) is 5.75 Å². The Kier molecular flexibility index (Phi) is 8.98. The highest BCUT2D eigenvalue weighted by Gasteiger charge is 2.05. The first kappa shape index (κ1) is 17.9. The monoisotopic (exact) mass is 299 g/mol. The fourth-order valence-electron chi connectivity index (χ4n) is 1.75. The van der Waals surface area contributed by atoms with Gasteiger partial charge in [-0.3, -0.25) is 0 Å². The molecular formula is C16H26FNO3. The van der Waals surface area contributed by atoms with Crippen LogP contribution in [0.5, 0.6) is 5.75 Å². The topological polar surface area (TPSA) is 39.7 Å². The summed E-state index contributed by atoms with van der Waals surface area (Å²) in [5, 5.41) is 3.18. The Morgan fingerprint density at radius 2 is 2.00 bits per heavy atom. The number of halogens is 1. The van der Waals surface area contributed by atoms with Crippen LogP contribution in [0.15, 0.2) is 18.2 Å². The minimum atomic E-state index is -0.262. The van der Waals surface area contributed by atoms with Gasteiger partial charge >= 0.3 is 0 Å². The summed E-state index contributed by atoms with van der Waals surface area (Å²) in [6.45, 7) is 7.80. The van der Waals surface area contributed by atoms with Crippen LogP contribution in [0.2, 0.25) is 0 Å². The molecule has 1 aromatic rings. The van der Waals surface area contributed by atoms with Crippen molar-refractivity contribution >= 4 is 0 Å². The molecule has 21 heavy (non-hydrogen) atoms. The molecule has 0 aliphatic heterocycles. The number of rotatable bonds is 11. The van der Waals surface area contributed by atoms with Gasteiger partial charge < -0.3 is 19.5 Å². The van der Waals surface area contributed by atoms with E-state index in [9.17, 15) is 4.39 Å². The third-order valence-electron chi connectivity index (χ3n) is 2.76. The highest BCUT2D eigenvalue weighted by Crippen LogP contribution is 2.19. The normalized spacial score (nSPS) is 11.1. The molecule has 0 aliphatic rings. The minimum Gasteiger partial charge on any atom is -0.491 e. The molecule has 0 unspecified atom stereocenters. The maximum Gasteiger partial charge on any atom is 0.124 e. The van der Waals surface area contributed by atoms with Crippen LogP contribution in [-0.2, 0) is 16.0 Å². The number of hydrogen-bond donors (Lipinski definition) is 1. The summed E-state index contributed by atoms with van der Waals surface area (Å²) >= 11 is 0. The van der Waals surface area contributed by atoms with Gasteiger partial charge in [0.1, 0.15) is 18.2 Å². The second-order valence-corrected chi connectivity index (χ2v) is 5.24. The van der Waals surface area contributed by atoms with E-state index in [1.54, 1.807) is 13.2 Å². The lowest BCUT2D eigenvalue weighted by Crippen LogP contribution is -2.19. The molecular weight excluding hydrogens is 273 g/mol. The van der Waals surface area contributed by atoms with Crippen LogP contribution in [0.25, 0.3) is 0 Å². The van der Waals surface area contributed by atoms with Crippen molar-refractivity contribution in [3.05, 3.63) is 29.6 Å². The lowest BCUT2D eigenvalue weighted by atomic mass is 10.2. The Balaban J connectivity index is 2.40. The minimum absolute atomic E-state index is 0.262. The molecule has 120 valence electrons. The van der Waals surface area contributed by atoms with Crippen molar-refractivity contribution in [2.75, 3.05) is 40.1 Å². The lowest BCUT2D eigenvalue weighted by molar-refractivity contribution is 0.0815. The van der Waals surface area contributed by atoms with Gasteiger partial charge in [-0.15, -0.1) is 0 Å². The number of methoxy groups -OCH3 is 1. The Morgan fingerprint density at radius 1 is 1.19 bits per heavy atom. The third kappa shape index (κ3) is 7.99. The van der Waals surface area contributed by atoms with E-state index in [0.717, 1.165) is 12.2 Å². The average molecular weight is 299 g/mol. The second kappa shape index (κ2) is 10.5. The fourth-order valence-corrected chi connectivity index (χ4v) is 1.75. The number of hydrogen-bond acceptors (Lipinski definition) is 4. The van der Waals surface area contributed by atoms with E-state index >= 15 is 0 Å². The van der Waals surface area contributed by atoms with Crippen molar-refractivity contribution < 1.29 is 18.6 Å². The van der Waals surface area contributed by atoms with Crippen molar-refractivity contribution in [1.82, 2.24) is 5.32 Å². The van der Waals surface area contributed by atoms with Crippen LogP contribution in [0.4, 0.5) is 4.39 Å². The molecule has 0 aromatic heterocycles. The molecule has 0 fully saturated rings. The molecule has 1 aromatic carbocycles. The number of nitrogens with one attached hydrogen (secondary N) is 1. The molecule has 4 nitrogen and oxygen atoms in total. The largest absolute Gasteiger partial charge is 0.491 e. The van der Waals surface area contributed by atoms with Gasteiger partial charge in [0.25, 0.3) is 0 Å². The van der Waals surface area contributed by atoms with Crippen LogP contribution in [0.3, 0.4) is 0 Å². The maximum atomic E-state index is 13.3. The highest BCUT2D eigenvalue weighted by atomic mass is 19.1. The second-order valence-electron chi connectivity index (χ2n) is 5.24. The van der Waals surface area contributed by atoms with Gasteiger partial charge in [0, 0.05) is 32.4 Å². The summed E-state index contributed by atoms with van der Waals surface area (Å²) < 4.78 is 29.4. The van der Waals surface area contributed by atoms with Crippen LogP contribution in [-0.4, -0.2) is 40.1 Å². The van der Waals surface area contributed by atoms with Crippen LogP contribution < -0.4 is 10.1 Å². The van der Waals surface area contributed by atoms with E-state index in [-0.39, 0.29) is 5.82 Å². The molecule has 0 aliphatic carbocycles. The third-order valence-corrected chi connectivity index (χ3v) is 2.76. The summed E-state index contributed by atoms with van der Waals surface area (Å²) in [6, 6.07) is 4.55. The van der Waals surface area contributed by atoms with Gasteiger partial charge in [0.2, 0.25) is 0 Å². The van der Waals surface area contributed by atoms with Crippen LogP contribution in [0.1, 0.15) is 19.4 Å². The summed E-state index contributed by atoms with van der Waals surface area (Å²) in [7, 11) is 1.65. The van der Waals surface area contributed by atoms with Gasteiger partial charge in [-0.25, -0.2) is 4.39 Å². The molecule has 0 bridgehead atoms. The highest BCUT2D eigenvalue weighted by molar-refractivity contribution is 5.33. The van der Waals surface area contributed by atoms with Gasteiger partial charge in [0.05, 0.1) is 13.2 Å². The van der Waals surface area contributed by atoms with Gasteiger partial charge in [-0.1, -0.05) is 13.8 Å². The number of ether oxygens (including phenoxy) is 3. The van der Waals surface area contributed by atoms with Crippen molar-refractivity contribution in [3.63, 3.8) is 0 Å². The van der Waals surface area contributed by atoms with Gasteiger partial charge in [-0.2, -0.15) is 0 Å². The molecule has 0 spiro atoms. The van der Waals surface area contributed by atoms with E-state index in [1.807, 2.05) is 0 Å². The maximum absolute atomic E-state index is 13.3. The zero-order chi connectivity index (χ0) is 15.5. The molecule has 0 radical (unpaired) electrons. The Hall–Kier alpha value is -1.17. The molecule has 0 atom stereocenters. The first-order chi connectivity index (χ1) is 10.1. The molecule has 1 N–H and O–H groups in total. The Labute approximate surface area is 126 Å². The predicted molar refractivity (Wildman–Crippen MR) is 81.1 cm³/mol. The van der Waals surface area contributed by atoms with E-state index < -0.39 is 0 Å². The Morgan fingerprint density at radius 3 is 2.71 bits per heavy atom. The fraction of sp³-hybridized carbons (Fsp3) is 0.625. The average Bonchev–Trinajstić information content (AvgIpc) is 2.45.